The lowest BCUT2D eigenvalue weighted by atomic mass is 10.0. The van der Waals surface area contributed by atoms with E-state index < -0.39 is 0 Å². The molecule has 3 rings (SSSR count). The second-order valence-electron chi connectivity index (χ2n) is 6.40. The lowest BCUT2D eigenvalue weighted by Crippen LogP contribution is -2.54. The zero-order chi connectivity index (χ0) is 15.7. The molecule has 0 N–H and O–H groups in total. The number of rotatable bonds is 3. The molecule has 0 radical (unpaired) electrons. The first-order valence-electron chi connectivity index (χ1n) is 7.84. The molecule has 2 amide bonds. The predicted octanol–water partition coefficient (Wildman–Crippen LogP) is 0.791. The van der Waals surface area contributed by atoms with E-state index in [1.807, 2.05) is 17.0 Å². The molecule has 0 aliphatic carbocycles. The van der Waals surface area contributed by atoms with Crippen molar-refractivity contribution in [1.82, 2.24) is 14.7 Å². The van der Waals surface area contributed by atoms with Crippen molar-refractivity contribution in [2.24, 2.45) is 5.92 Å². The van der Waals surface area contributed by atoms with E-state index >= 15 is 0 Å². The molecule has 2 atom stereocenters. The molecule has 2 saturated heterocycles. The van der Waals surface area contributed by atoms with Crippen LogP contribution in [0, 0.1) is 5.92 Å². The first kappa shape index (κ1) is 15.1. The molecule has 1 aromatic rings. The van der Waals surface area contributed by atoms with Gasteiger partial charge in [0.1, 0.15) is 5.76 Å². The third-order valence-electron chi connectivity index (χ3n) is 4.60. The Hall–Kier alpha value is -1.82. The minimum Gasteiger partial charge on any atom is -0.467 e. The van der Waals surface area contributed by atoms with E-state index in [0.29, 0.717) is 19.5 Å². The maximum atomic E-state index is 12.7. The van der Waals surface area contributed by atoms with Gasteiger partial charge in [-0.2, -0.15) is 0 Å². The molecule has 22 heavy (non-hydrogen) atoms. The molecule has 1 aromatic heterocycles. The molecule has 0 saturated carbocycles. The van der Waals surface area contributed by atoms with Gasteiger partial charge in [0, 0.05) is 38.6 Å². The third kappa shape index (κ3) is 3.02. The number of carbonyl (C=O) groups excluding carboxylic acids is 2. The average Bonchev–Trinajstić information content (AvgIpc) is 3.09. The molecule has 6 nitrogen and oxygen atoms in total. The Kier molecular flexibility index (Phi) is 4.20. The van der Waals surface area contributed by atoms with Gasteiger partial charge in [0.15, 0.2) is 0 Å². The van der Waals surface area contributed by atoms with Crippen LogP contribution in [0.4, 0.5) is 0 Å². The first-order valence-corrected chi connectivity index (χ1v) is 7.84. The summed E-state index contributed by atoms with van der Waals surface area (Å²) in [5.41, 5.74) is 0. The minimum atomic E-state index is -0.215. The molecule has 6 heteroatoms. The van der Waals surface area contributed by atoms with E-state index in [-0.39, 0.29) is 23.8 Å². The SMILES string of the molecule is C[C@@H]1CN(C)CCN1C(=O)[C@@H]1CC(=O)N(Cc2ccco2)C1. The monoisotopic (exact) mass is 305 g/mol. The van der Waals surface area contributed by atoms with Crippen molar-refractivity contribution in [1.29, 1.82) is 0 Å². The van der Waals surface area contributed by atoms with Crippen molar-refractivity contribution in [3.63, 3.8) is 0 Å². The van der Waals surface area contributed by atoms with Gasteiger partial charge in [0.05, 0.1) is 18.7 Å². The number of hydrogen-bond acceptors (Lipinski definition) is 4. The normalized spacial score (nSPS) is 26.7. The second-order valence-corrected chi connectivity index (χ2v) is 6.40. The van der Waals surface area contributed by atoms with Crippen LogP contribution in [0.3, 0.4) is 0 Å². The summed E-state index contributed by atoms with van der Waals surface area (Å²) in [4.78, 5) is 30.7. The summed E-state index contributed by atoms with van der Waals surface area (Å²) in [6.07, 6.45) is 1.92. The van der Waals surface area contributed by atoms with E-state index in [1.165, 1.54) is 0 Å². The van der Waals surface area contributed by atoms with Crippen molar-refractivity contribution < 1.29 is 14.0 Å². The molecule has 2 aliphatic heterocycles. The van der Waals surface area contributed by atoms with E-state index in [1.54, 1.807) is 11.2 Å². The highest BCUT2D eigenvalue weighted by Crippen LogP contribution is 2.24. The summed E-state index contributed by atoms with van der Waals surface area (Å²) >= 11 is 0. The number of hydrogen-bond donors (Lipinski definition) is 0. The second kappa shape index (κ2) is 6.12. The lowest BCUT2D eigenvalue weighted by molar-refractivity contribution is -0.139. The summed E-state index contributed by atoms with van der Waals surface area (Å²) in [5.74, 6) is 0.704. The van der Waals surface area contributed by atoms with Crippen LogP contribution in [0.5, 0.6) is 0 Å². The fourth-order valence-electron chi connectivity index (χ4n) is 3.38. The van der Waals surface area contributed by atoms with Crippen LogP contribution in [0.1, 0.15) is 19.1 Å². The Bertz CT molecular complexity index is 543. The fourth-order valence-corrected chi connectivity index (χ4v) is 3.38. The fraction of sp³-hybridized carbons (Fsp3) is 0.625. The predicted molar refractivity (Wildman–Crippen MR) is 80.9 cm³/mol. The third-order valence-corrected chi connectivity index (χ3v) is 4.60. The van der Waals surface area contributed by atoms with Gasteiger partial charge in [-0.15, -0.1) is 0 Å². The molecule has 0 unspecified atom stereocenters. The highest BCUT2D eigenvalue weighted by Gasteiger charge is 2.38. The summed E-state index contributed by atoms with van der Waals surface area (Å²) in [7, 11) is 2.07. The smallest absolute Gasteiger partial charge is 0.228 e. The summed E-state index contributed by atoms with van der Waals surface area (Å²) in [5, 5.41) is 0. The molecule has 2 fully saturated rings. The summed E-state index contributed by atoms with van der Waals surface area (Å²) in [6.45, 7) is 5.56. The largest absolute Gasteiger partial charge is 0.467 e. The summed E-state index contributed by atoms with van der Waals surface area (Å²) in [6, 6.07) is 3.87. The van der Waals surface area contributed by atoms with E-state index in [0.717, 1.165) is 25.4 Å². The number of piperazine rings is 1. The zero-order valence-corrected chi connectivity index (χ0v) is 13.2. The van der Waals surface area contributed by atoms with Crippen molar-refractivity contribution in [3.8, 4) is 0 Å². The molecule has 3 heterocycles. The van der Waals surface area contributed by atoms with Gasteiger partial charge < -0.3 is 19.1 Å². The zero-order valence-electron chi connectivity index (χ0n) is 13.2. The van der Waals surface area contributed by atoms with Crippen molar-refractivity contribution in [2.75, 3.05) is 33.2 Å². The minimum absolute atomic E-state index is 0.0385. The van der Waals surface area contributed by atoms with Gasteiger partial charge in [-0.1, -0.05) is 0 Å². The molecule has 0 aromatic carbocycles. The molecule has 2 aliphatic rings. The highest BCUT2D eigenvalue weighted by atomic mass is 16.3. The molecule has 120 valence electrons. The Morgan fingerprint density at radius 1 is 1.36 bits per heavy atom. The number of likely N-dealkylation sites (N-methyl/N-ethyl adjacent to an activating group) is 1. The van der Waals surface area contributed by atoms with Crippen LogP contribution in [-0.4, -0.2) is 65.8 Å². The van der Waals surface area contributed by atoms with Crippen LogP contribution in [0.15, 0.2) is 22.8 Å². The quantitative estimate of drug-likeness (QED) is 0.828. The van der Waals surface area contributed by atoms with Crippen LogP contribution in [0.25, 0.3) is 0 Å². The Labute approximate surface area is 130 Å². The van der Waals surface area contributed by atoms with Crippen LogP contribution in [0.2, 0.25) is 0 Å². The number of amides is 2. The average molecular weight is 305 g/mol. The van der Waals surface area contributed by atoms with Crippen LogP contribution < -0.4 is 0 Å². The van der Waals surface area contributed by atoms with Gasteiger partial charge in [0.25, 0.3) is 0 Å². The standard InChI is InChI=1S/C16H23N3O3/c1-12-9-17(2)5-6-19(12)16(21)13-8-15(20)18(10-13)11-14-4-3-7-22-14/h3-4,7,12-13H,5-6,8-11H2,1-2H3/t12-,13-/m1/s1. The molecular formula is C16H23N3O3. The van der Waals surface area contributed by atoms with Crippen molar-refractivity contribution in [2.45, 2.75) is 25.9 Å². The van der Waals surface area contributed by atoms with Gasteiger partial charge >= 0.3 is 0 Å². The van der Waals surface area contributed by atoms with Gasteiger partial charge in [-0.25, -0.2) is 0 Å². The van der Waals surface area contributed by atoms with Gasteiger partial charge in [0.2, 0.25) is 11.8 Å². The first-order chi connectivity index (χ1) is 10.5. The highest BCUT2D eigenvalue weighted by molar-refractivity contribution is 5.89. The molecular weight excluding hydrogens is 282 g/mol. The van der Waals surface area contributed by atoms with Gasteiger partial charge in [-0.3, -0.25) is 9.59 Å². The number of furan rings is 1. The van der Waals surface area contributed by atoms with Crippen LogP contribution >= 0.6 is 0 Å². The Balaban J connectivity index is 1.61. The van der Waals surface area contributed by atoms with Crippen molar-refractivity contribution >= 4 is 11.8 Å². The lowest BCUT2D eigenvalue weighted by Gasteiger charge is -2.39. The van der Waals surface area contributed by atoms with Gasteiger partial charge in [-0.05, 0) is 26.1 Å². The maximum absolute atomic E-state index is 12.7. The van der Waals surface area contributed by atoms with Crippen LogP contribution in [-0.2, 0) is 16.1 Å². The topological polar surface area (TPSA) is 57.0 Å². The summed E-state index contributed by atoms with van der Waals surface area (Å²) < 4.78 is 5.29. The van der Waals surface area contributed by atoms with E-state index in [9.17, 15) is 9.59 Å². The maximum Gasteiger partial charge on any atom is 0.228 e. The molecule has 0 spiro atoms. The number of likely N-dealkylation sites (tertiary alicyclic amines) is 1. The Morgan fingerprint density at radius 2 is 2.18 bits per heavy atom. The van der Waals surface area contributed by atoms with Crippen molar-refractivity contribution in [3.05, 3.63) is 24.2 Å². The molecule has 0 bridgehead atoms. The Morgan fingerprint density at radius 3 is 2.86 bits per heavy atom. The van der Waals surface area contributed by atoms with E-state index in [2.05, 4.69) is 18.9 Å². The number of carbonyl (C=O) groups is 2. The van der Waals surface area contributed by atoms with E-state index in [4.69, 9.17) is 4.42 Å². The number of nitrogens with zero attached hydrogens (tertiary/aromatic N) is 3.